The molecule has 4 rings (SSSR count). The highest BCUT2D eigenvalue weighted by Crippen LogP contribution is 2.26. The second-order valence-electron chi connectivity index (χ2n) is 5.09. The van der Waals surface area contributed by atoms with Crippen molar-refractivity contribution in [2.24, 2.45) is 0 Å². The Labute approximate surface area is 122 Å². The Hall–Kier alpha value is -2.53. The molecular weight excluding hydrogens is 262 g/mol. The van der Waals surface area contributed by atoms with Crippen LogP contribution in [0.1, 0.15) is 11.1 Å². The van der Waals surface area contributed by atoms with Crippen molar-refractivity contribution in [3.05, 3.63) is 53.9 Å². The number of pyridine rings is 1. The molecule has 2 N–H and O–H groups in total. The van der Waals surface area contributed by atoms with Crippen molar-refractivity contribution in [1.82, 2.24) is 20.3 Å². The highest BCUT2D eigenvalue weighted by atomic mass is 15.0. The molecule has 1 aliphatic heterocycles. The van der Waals surface area contributed by atoms with E-state index in [0.717, 1.165) is 36.5 Å². The van der Waals surface area contributed by atoms with Crippen LogP contribution in [-0.2, 0) is 13.0 Å². The molecule has 2 aromatic heterocycles. The number of fused-ring (bicyclic) bond motifs is 2. The van der Waals surface area contributed by atoms with Gasteiger partial charge in [0, 0.05) is 24.6 Å². The number of nitrogens with one attached hydrogen (secondary N) is 2. The fourth-order valence-corrected chi connectivity index (χ4v) is 2.71. The maximum atomic E-state index is 4.52. The van der Waals surface area contributed by atoms with Gasteiger partial charge in [-0.1, -0.05) is 12.1 Å². The lowest BCUT2D eigenvalue weighted by Crippen LogP contribution is -2.24. The molecule has 0 spiro atoms. The quantitative estimate of drug-likeness (QED) is 0.753. The molecule has 3 aromatic rings. The van der Waals surface area contributed by atoms with Crippen molar-refractivity contribution in [3.8, 4) is 0 Å². The zero-order valence-electron chi connectivity index (χ0n) is 11.5. The summed E-state index contributed by atoms with van der Waals surface area (Å²) in [6.45, 7) is 1.95. The molecule has 3 heterocycles. The fourth-order valence-electron chi connectivity index (χ4n) is 2.71. The molecule has 1 aliphatic rings. The molecule has 104 valence electrons. The number of nitrogens with zero attached hydrogens (tertiary/aromatic N) is 3. The molecule has 0 amide bonds. The monoisotopic (exact) mass is 277 g/mol. The van der Waals surface area contributed by atoms with Gasteiger partial charge in [0.1, 0.15) is 11.3 Å². The van der Waals surface area contributed by atoms with Crippen LogP contribution in [0, 0.1) is 0 Å². The van der Waals surface area contributed by atoms with Crippen molar-refractivity contribution in [3.63, 3.8) is 0 Å². The van der Waals surface area contributed by atoms with E-state index in [0.29, 0.717) is 5.65 Å². The number of hydrogen-bond donors (Lipinski definition) is 2. The first-order valence-electron chi connectivity index (χ1n) is 7.06. The van der Waals surface area contributed by atoms with E-state index in [4.69, 9.17) is 0 Å². The third-order valence-electron chi connectivity index (χ3n) is 3.73. The molecule has 0 atom stereocenters. The van der Waals surface area contributed by atoms with E-state index in [1.165, 1.54) is 11.1 Å². The van der Waals surface area contributed by atoms with Gasteiger partial charge in [-0.2, -0.15) is 0 Å². The summed E-state index contributed by atoms with van der Waals surface area (Å²) in [6.07, 6.45) is 4.37. The average Bonchev–Trinajstić information content (AvgIpc) is 2.55. The molecule has 0 radical (unpaired) electrons. The summed E-state index contributed by atoms with van der Waals surface area (Å²) >= 11 is 0. The fraction of sp³-hybridized carbons (Fsp3) is 0.188. The van der Waals surface area contributed by atoms with Crippen LogP contribution < -0.4 is 10.6 Å². The third-order valence-corrected chi connectivity index (χ3v) is 3.73. The van der Waals surface area contributed by atoms with Gasteiger partial charge < -0.3 is 10.6 Å². The number of hydrogen-bond acceptors (Lipinski definition) is 5. The van der Waals surface area contributed by atoms with E-state index in [9.17, 15) is 0 Å². The standard InChI is InChI=1S/C16H15N5/c1-2-11-10-17-7-6-12(11)13(3-1)20-15-5-4-14-16(21-15)19-9-8-18-14/h1-5,8-9,17H,6-7,10H2,(H,19,20,21). The predicted molar refractivity (Wildman–Crippen MR) is 82.5 cm³/mol. The maximum absolute atomic E-state index is 4.52. The highest BCUT2D eigenvalue weighted by Gasteiger charge is 2.12. The normalized spacial score (nSPS) is 13.9. The SMILES string of the molecule is c1cc2c(c(Nc3ccc4nccnc4n3)c1)CCNC2. The van der Waals surface area contributed by atoms with E-state index in [1.54, 1.807) is 12.4 Å². The first-order valence-corrected chi connectivity index (χ1v) is 7.06. The zero-order chi connectivity index (χ0) is 14.1. The van der Waals surface area contributed by atoms with Crippen LogP contribution in [0.3, 0.4) is 0 Å². The summed E-state index contributed by atoms with van der Waals surface area (Å²) in [5, 5.41) is 6.81. The van der Waals surface area contributed by atoms with Crippen molar-refractivity contribution in [2.45, 2.75) is 13.0 Å². The Kier molecular flexibility index (Phi) is 2.97. The molecule has 0 bridgehead atoms. The lowest BCUT2D eigenvalue weighted by atomic mass is 9.99. The van der Waals surface area contributed by atoms with E-state index in [-0.39, 0.29) is 0 Å². The second-order valence-corrected chi connectivity index (χ2v) is 5.09. The summed E-state index contributed by atoms with van der Waals surface area (Å²) in [5.41, 5.74) is 5.32. The van der Waals surface area contributed by atoms with Gasteiger partial charge in [-0.05, 0) is 42.3 Å². The predicted octanol–water partition coefficient (Wildman–Crippen LogP) is 2.41. The van der Waals surface area contributed by atoms with E-state index >= 15 is 0 Å². The first kappa shape index (κ1) is 12.2. The van der Waals surface area contributed by atoms with Gasteiger partial charge in [0.2, 0.25) is 0 Å². The molecule has 1 aromatic carbocycles. The number of rotatable bonds is 2. The Morgan fingerprint density at radius 2 is 2.00 bits per heavy atom. The average molecular weight is 277 g/mol. The lowest BCUT2D eigenvalue weighted by molar-refractivity contribution is 0.645. The molecular formula is C16H15N5. The van der Waals surface area contributed by atoms with E-state index in [2.05, 4.69) is 43.8 Å². The molecule has 0 saturated heterocycles. The van der Waals surface area contributed by atoms with Crippen LogP contribution in [0.2, 0.25) is 0 Å². The molecule has 0 aliphatic carbocycles. The van der Waals surface area contributed by atoms with Gasteiger partial charge in [-0.15, -0.1) is 0 Å². The number of anilines is 2. The Morgan fingerprint density at radius 1 is 1.05 bits per heavy atom. The summed E-state index contributed by atoms with van der Waals surface area (Å²) in [7, 11) is 0. The lowest BCUT2D eigenvalue weighted by Gasteiger charge is -2.20. The summed E-state index contributed by atoms with van der Waals surface area (Å²) in [5.74, 6) is 0.801. The van der Waals surface area contributed by atoms with E-state index in [1.807, 2.05) is 12.1 Å². The zero-order valence-corrected chi connectivity index (χ0v) is 11.5. The number of benzene rings is 1. The Morgan fingerprint density at radius 3 is 3.00 bits per heavy atom. The van der Waals surface area contributed by atoms with Crippen LogP contribution in [0.4, 0.5) is 11.5 Å². The highest BCUT2D eigenvalue weighted by molar-refractivity contribution is 5.73. The molecule has 5 heteroatoms. The van der Waals surface area contributed by atoms with Crippen molar-refractivity contribution >= 4 is 22.7 Å². The molecule has 0 unspecified atom stereocenters. The van der Waals surface area contributed by atoms with Gasteiger partial charge in [-0.3, -0.25) is 4.98 Å². The van der Waals surface area contributed by atoms with Crippen LogP contribution in [-0.4, -0.2) is 21.5 Å². The van der Waals surface area contributed by atoms with Crippen LogP contribution in [0.5, 0.6) is 0 Å². The smallest absolute Gasteiger partial charge is 0.180 e. The Balaban J connectivity index is 1.71. The molecule has 0 saturated carbocycles. The topological polar surface area (TPSA) is 62.7 Å². The first-order chi connectivity index (χ1) is 10.4. The minimum atomic E-state index is 0.661. The van der Waals surface area contributed by atoms with Crippen molar-refractivity contribution < 1.29 is 0 Å². The summed E-state index contributed by atoms with van der Waals surface area (Å²) < 4.78 is 0. The maximum Gasteiger partial charge on any atom is 0.180 e. The summed E-state index contributed by atoms with van der Waals surface area (Å²) in [6, 6.07) is 10.2. The minimum absolute atomic E-state index is 0.661. The molecule has 5 nitrogen and oxygen atoms in total. The van der Waals surface area contributed by atoms with Gasteiger partial charge in [-0.25, -0.2) is 9.97 Å². The molecule has 21 heavy (non-hydrogen) atoms. The minimum Gasteiger partial charge on any atom is -0.340 e. The molecule has 0 fully saturated rings. The van der Waals surface area contributed by atoms with Gasteiger partial charge in [0.05, 0.1) is 0 Å². The van der Waals surface area contributed by atoms with Crippen LogP contribution in [0.25, 0.3) is 11.2 Å². The third kappa shape index (κ3) is 2.32. The van der Waals surface area contributed by atoms with Crippen LogP contribution in [0.15, 0.2) is 42.7 Å². The van der Waals surface area contributed by atoms with Crippen molar-refractivity contribution in [2.75, 3.05) is 11.9 Å². The van der Waals surface area contributed by atoms with Gasteiger partial charge >= 0.3 is 0 Å². The number of aromatic nitrogens is 3. The summed E-state index contributed by atoms with van der Waals surface area (Å²) in [4.78, 5) is 13.0. The Bertz CT molecular complexity index is 800. The van der Waals surface area contributed by atoms with Gasteiger partial charge in [0.25, 0.3) is 0 Å². The van der Waals surface area contributed by atoms with E-state index < -0.39 is 0 Å². The van der Waals surface area contributed by atoms with Crippen LogP contribution >= 0.6 is 0 Å². The second kappa shape index (κ2) is 5.10. The van der Waals surface area contributed by atoms with Crippen molar-refractivity contribution in [1.29, 1.82) is 0 Å². The largest absolute Gasteiger partial charge is 0.340 e. The van der Waals surface area contributed by atoms with Gasteiger partial charge in [0.15, 0.2) is 5.65 Å².